The smallest absolute Gasteiger partial charge is 0.254 e. The van der Waals surface area contributed by atoms with Gasteiger partial charge in [-0.3, -0.25) is 9.59 Å². The lowest BCUT2D eigenvalue weighted by atomic mass is 10.1. The van der Waals surface area contributed by atoms with Crippen LogP contribution in [0.4, 0.5) is 4.39 Å². The molecule has 1 aromatic carbocycles. The molecule has 1 aliphatic heterocycles. The third-order valence-corrected chi connectivity index (χ3v) is 7.15. The number of pyridine rings is 1. The monoisotopic (exact) mass is 495 g/mol. The van der Waals surface area contributed by atoms with Crippen molar-refractivity contribution in [2.75, 3.05) is 13.2 Å². The van der Waals surface area contributed by atoms with Crippen molar-refractivity contribution >= 4 is 23.2 Å². The highest BCUT2D eigenvalue weighted by Gasteiger charge is 2.31. The van der Waals surface area contributed by atoms with Gasteiger partial charge in [-0.05, 0) is 74.5 Å². The van der Waals surface area contributed by atoms with Crippen molar-refractivity contribution in [1.82, 2.24) is 14.7 Å². The third-order valence-electron chi connectivity index (χ3n) is 6.20. The van der Waals surface area contributed by atoms with Gasteiger partial charge in [-0.15, -0.1) is 0 Å². The Kier molecular flexibility index (Phi) is 6.88. The lowest BCUT2D eigenvalue weighted by Crippen LogP contribution is -2.32. The molecule has 1 saturated carbocycles. The number of aromatic nitrogens is 2. The van der Waals surface area contributed by atoms with E-state index in [0.717, 1.165) is 30.6 Å². The van der Waals surface area contributed by atoms with E-state index in [-0.39, 0.29) is 29.5 Å². The second-order valence-electron chi connectivity index (χ2n) is 8.93. The molecule has 2 aliphatic rings. The second kappa shape index (κ2) is 10.2. The number of carbonyl (C=O) groups excluding carboxylic acids is 2. The van der Waals surface area contributed by atoms with Gasteiger partial charge in [0.1, 0.15) is 23.4 Å². The lowest BCUT2D eigenvalue weighted by molar-refractivity contribution is 0.0854. The van der Waals surface area contributed by atoms with Gasteiger partial charge >= 0.3 is 0 Å². The molecule has 0 unspecified atom stereocenters. The van der Waals surface area contributed by atoms with Crippen LogP contribution in [0, 0.1) is 11.7 Å². The average Bonchev–Trinajstić information content (AvgIpc) is 3.36. The first-order valence-corrected chi connectivity index (χ1v) is 12.6. The number of nitrogens with zero attached hydrogens (tertiary/aromatic N) is 2. The number of amides is 1. The van der Waals surface area contributed by atoms with E-state index < -0.39 is 11.7 Å². The molecule has 0 spiro atoms. The van der Waals surface area contributed by atoms with Crippen LogP contribution < -0.4 is 10.1 Å². The number of ether oxygens (including phenoxy) is 2. The first-order chi connectivity index (χ1) is 17.0. The van der Waals surface area contributed by atoms with Crippen LogP contribution in [0.2, 0.25) is 0 Å². The van der Waals surface area contributed by atoms with Gasteiger partial charge < -0.3 is 14.8 Å². The predicted molar refractivity (Wildman–Crippen MR) is 129 cm³/mol. The van der Waals surface area contributed by atoms with E-state index in [4.69, 9.17) is 9.47 Å². The summed E-state index contributed by atoms with van der Waals surface area (Å²) in [5.74, 6) is -0.273. The molecule has 0 bridgehead atoms. The summed E-state index contributed by atoms with van der Waals surface area (Å²) in [7, 11) is 0. The summed E-state index contributed by atoms with van der Waals surface area (Å²) in [5.41, 5.74) is 1.65. The zero-order valence-corrected chi connectivity index (χ0v) is 20.1. The molecular formula is C26H26FN3O4S. The van der Waals surface area contributed by atoms with E-state index in [1.807, 2.05) is 13.0 Å². The minimum atomic E-state index is -0.599. The third kappa shape index (κ3) is 5.57. The molecule has 2 fully saturated rings. The first-order valence-electron chi connectivity index (χ1n) is 11.8. The number of rotatable bonds is 9. The molecule has 7 nitrogen and oxygen atoms in total. The van der Waals surface area contributed by atoms with Gasteiger partial charge in [-0.25, -0.2) is 9.37 Å². The summed E-state index contributed by atoms with van der Waals surface area (Å²) in [6.07, 6.45) is 5.02. The van der Waals surface area contributed by atoms with Crippen molar-refractivity contribution in [3.05, 3.63) is 64.5 Å². The standard InChI is InChI=1S/C26H26FN3O4S/c1-15(34-19-7-9-22(28-14-19)25(31)16-4-5-16)24-12-23(30-35-24)17-6-8-20(21(27)11-17)26(32)29-13-18-3-2-10-33-18/h6-9,11-12,14-16,18H,2-5,10,13H2,1H3,(H,29,32)/t15-,18+/m1/s1. The Balaban J connectivity index is 1.20. The van der Waals surface area contributed by atoms with Crippen LogP contribution in [-0.2, 0) is 4.74 Å². The molecule has 1 N–H and O–H groups in total. The van der Waals surface area contributed by atoms with Crippen LogP contribution in [0.1, 0.15) is 64.4 Å². The lowest BCUT2D eigenvalue weighted by Gasteiger charge is -2.12. The number of Topliss-reactive ketones (excluding diaryl/α,β-unsaturated/α-hetero) is 1. The zero-order valence-electron chi connectivity index (χ0n) is 19.3. The van der Waals surface area contributed by atoms with Gasteiger partial charge in [0.25, 0.3) is 5.91 Å². The molecule has 3 heterocycles. The summed E-state index contributed by atoms with van der Waals surface area (Å²) in [6.45, 7) is 2.97. The molecular weight excluding hydrogens is 469 g/mol. The summed E-state index contributed by atoms with van der Waals surface area (Å²) in [4.78, 5) is 29.6. The van der Waals surface area contributed by atoms with Crippen LogP contribution in [0.5, 0.6) is 5.75 Å². The fourth-order valence-corrected chi connectivity index (χ4v) is 4.72. The molecule has 0 radical (unpaired) electrons. The fraction of sp³-hybridized carbons (Fsp3) is 0.385. The SMILES string of the molecule is C[C@@H](Oc1ccc(C(=O)C2CC2)nc1)c1cc(-c2ccc(C(=O)NC[C@@H]3CCCO3)c(F)c2)ns1. The van der Waals surface area contributed by atoms with Crippen molar-refractivity contribution in [1.29, 1.82) is 0 Å². The number of ketones is 1. The highest BCUT2D eigenvalue weighted by atomic mass is 32.1. The topological polar surface area (TPSA) is 90.4 Å². The highest BCUT2D eigenvalue weighted by molar-refractivity contribution is 7.06. The number of benzene rings is 1. The summed E-state index contributed by atoms with van der Waals surface area (Å²) < 4.78 is 30.6. The first kappa shape index (κ1) is 23.6. The minimum absolute atomic E-state index is 0.00197. The molecule has 1 saturated heterocycles. The predicted octanol–water partition coefficient (Wildman–Crippen LogP) is 4.99. The van der Waals surface area contributed by atoms with Crippen LogP contribution >= 0.6 is 11.5 Å². The van der Waals surface area contributed by atoms with Gasteiger partial charge in [0.05, 0.1) is 28.4 Å². The van der Waals surface area contributed by atoms with Crippen molar-refractivity contribution in [3.63, 3.8) is 0 Å². The van der Waals surface area contributed by atoms with Gasteiger partial charge in [-0.2, -0.15) is 4.37 Å². The van der Waals surface area contributed by atoms with Gasteiger partial charge in [0.15, 0.2) is 5.78 Å². The molecule has 2 aromatic heterocycles. The second-order valence-corrected chi connectivity index (χ2v) is 9.77. The quantitative estimate of drug-likeness (QED) is 0.421. The molecule has 35 heavy (non-hydrogen) atoms. The number of halogens is 1. The summed E-state index contributed by atoms with van der Waals surface area (Å²) in [6, 6.07) is 9.78. The van der Waals surface area contributed by atoms with Gasteiger partial charge in [0, 0.05) is 24.6 Å². The number of hydrogen-bond donors (Lipinski definition) is 1. The van der Waals surface area contributed by atoms with Crippen LogP contribution in [0.25, 0.3) is 11.3 Å². The average molecular weight is 496 g/mol. The Morgan fingerprint density at radius 2 is 2.09 bits per heavy atom. The van der Waals surface area contributed by atoms with E-state index in [0.29, 0.717) is 35.9 Å². The van der Waals surface area contributed by atoms with Gasteiger partial charge in [0.2, 0.25) is 0 Å². The number of hydrogen-bond acceptors (Lipinski definition) is 7. The Hall–Kier alpha value is -3.17. The van der Waals surface area contributed by atoms with Crippen LogP contribution in [0.15, 0.2) is 42.6 Å². The molecule has 1 aliphatic carbocycles. The van der Waals surface area contributed by atoms with Gasteiger partial charge in [-0.1, -0.05) is 6.07 Å². The Morgan fingerprint density at radius 3 is 2.77 bits per heavy atom. The molecule has 3 aromatic rings. The molecule has 5 rings (SSSR count). The number of nitrogens with one attached hydrogen (secondary N) is 1. The Bertz CT molecular complexity index is 1220. The molecule has 1 amide bonds. The minimum Gasteiger partial charge on any atom is -0.484 e. The van der Waals surface area contributed by atoms with Crippen molar-refractivity contribution in [3.8, 4) is 17.0 Å². The summed E-state index contributed by atoms with van der Waals surface area (Å²) in [5, 5.41) is 2.74. The van der Waals surface area contributed by atoms with Crippen molar-refractivity contribution in [2.24, 2.45) is 5.92 Å². The summed E-state index contributed by atoms with van der Waals surface area (Å²) >= 11 is 1.27. The van der Waals surface area contributed by atoms with E-state index in [2.05, 4.69) is 14.7 Å². The maximum atomic E-state index is 14.7. The van der Waals surface area contributed by atoms with E-state index in [1.54, 1.807) is 24.4 Å². The molecule has 2 atom stereocenters. The largest absolute Gasteiger partial charge is 0.484 e. The van der Waals surface area contributed by atoms with E-state index >= 15 is 0 Å². The van der Waals surface area contributed by atoms with E-state index in [9.17, 15) is 14.0 Å². The fourth-order valence-electron chi connectivity index (χ4n) is 4.00. The van der Waals surface area contributed by atoms with Crippen molar-refractivity contribution < 1.29 is 23.5 Å². The van der Waals surface area contributed by atoms with E-state index in [1.165, 1.54) is 23.7 Å². The maximum absolute atomic E-state index is 14.7. The normalized spacial score (nSPS) is 18.3. The van der Waals surface area contributed by atoms with Crippen molar-refractivity contribution in [2.45, 2.75) is 44.8 Å². The molecule has 182 valence electrons. The molecule has 9 heteroatoms. The Morgan fingerprint density at radius 1 is 1.23 bits per heavy atom. The number of carbonyl (C=O) groups is 2. The van der Waals surface area contributed by atoms with Crippen LogP contribution in [-0.4, -0.2) is 40.3 Å². The van der Waals surface area contributed by atoms with Crippen LogP contribution in [0.3, 0.4) is 0 Å². The highest BCUT2D eigenvalue weighted by Crippen LogP contribution is 2.33. The Labute approximate surface area is 206 Å². The zero-order chi connectivity index (χ0) is 24.4. The maximum Gasteiger partial charge on any atom is 0.254 e.